The fraction of sp³-hybridized carbons (Fsp3) is 0.208. The molecule has 0 spiro atoms. The normalized spacial score (nSPS) is 12.3. The Morgan fingerprint density at radius 1 is 0.179 bits per heavy atom. The van der Waals surface area contributed by atoms with Crippen LogP contribution >= 0.6 is 0 Å². The molecule has 20 aromatic rings. The van der Waals surface area contributed by atoms with Crippen molar-refractivity contribution < 1.29 is 0 Å². The lowest BCUT2D eigenvalue weighted by Crippen LogP contribution is -2.14. The SMILES string of the molecule is C.CCC.CCC.CCC.Cn1c2ccccc2c2cc3c(cc21)-c1ccccc1C3(C)C.Cn1c2ccccc2c2cc3c(cc21)C(C)(C)c1ccccc1-3.Cn1c2ccccc2c2ccccc21.Cn1c2ccccc2c2ccccc21.Cn1c2ccccc2c2ccccc21.Cn1c2ccccc2c2ccccc21. The zero-order valence-electron chi connectivity index (χ0n) is 67.8. The molecule has 112 heavy (non-hydrogen) atoms. The molecular formula is C106H110N6. The second kappa shape index (κ2) is 33.2. The van der Waals surface area contributed by atoms with Gasteiger partial charge in [-0.15, -0.1) is 0 Å². The number of fused-ring (bicyclic) bond motifs is 24. The fourth-order valence-electron chi connectivity index (χ4n) is 17.2. The van der Waals surface area contributed by atoms with E-state index >= 15 is 0 Å². The summed E-state index contributed by atoms with van der Waals surface area (Å²) in [4.78, 5) is 0. The maximum atomic E-state index is 2.42. The van der Waals surface area contributed by atoms with Gasteiger partial charge in [0.05, 0.1) is 0 Å². The van der Waals surface area contributed by atoms with Crippen molar-refractivity contribution in [3.05, 3.63) is 338 Å². The molecule has 2 aliphatic carbocycles. The highest BCUT2D eigenvalue weighted by Gasteiger charge is 2.37. The number of hydrogen-bond acceptors (Lipinski definition) is 0. The van der Waals surface area contributed by atoms with Crippen LogP contribution in [0.5, 0.6) is 0 Å². The minimum atomic E-state index is 0. The van der Waals surface area contributed by atoms with E-state index < -0.39 is 0 Å². The molecule has 0 atom stereocenters. The number of nitrogens with zero attached hydrogens (tertiary/aromatic N) is 6. The largest absolute Gasteiger partial charge is 0.344 e. The van der Waals surface area contributed by atoms with Crippen LogP contribution in [-0.4, -0.2) is 27.4 Å². The Balaban J connectivity index is 0.000000116. The van der Waals surface area contributed by atoms with Gasteiger partial charge in [0, 0.05) is 184 Å². The van der Waals surface area contributed by atoms with Gasteiger partial charge in [0.1, 0.15) is 0 Å². The zero-order chi connectivity index (χ0) is 77.8. The summed E-state index contributed by atoms with van der Waals surface area (Å²) in [5.41, 5.74) is 27.1. The molecule has 14 aromatic carbocycles. The lowest BCUT2D eigenvalue weighted by atomic mass is 9.82. The molecule has 2 aliphatic rings. The van der Waals surface area contributed by atoms with Crippen molar-refractivity contribution in [2.24, 2.45) is 42.3 Å². The van der Waals surface area contributed by atoms with Crippen LogP contribution in [0.1, 0.15) is 118 Å². The van der Waals surface area contributed by atoms with E-state index in [4.69, 9.17) is 0 Å². The van der Waals surface area contributed by atoms with Crippen LogP contribution < -0.4 is 0 Å². The quantitative estimate of drug-likeness (QED) is 0.145. The Labute approximate surface area is 663 Å². The first kappa shape index (κ1) is 78.0. The van der Waals surface area contributed by atoms with Gasteiger partial charge in [0.15, 0.2) is 0 Å². The van der Waals surface area contributed by atoms with Gasteiger partial charge >= 0.3 is 0 Å². The molecule has 0 amide bonds. The van der Waals surface area contributed by atoms with Crippen LogP contribution in [-0.2, 0) is 53.1 Å². The average Bonchev–Trinajstić information content (AvgIpc) is 1.56. The van der Waals surface area contributed by atoms with Gasteiger partial charge in [-0.25, -0.2) is 0 Å². The molecule has 564 valence electrons. The molecule has 0 unspecified atom stereocenters. The molecule has 22 rings (SSSR count). The van der Waals surface area contributed by atoms with E-state index in [0.29, 0.717) is 0 Å². The van der Waals surface area contributed by atoms with Crippen molar-refractivity contribution in [3.63, 3.8) is 0 Å². The van der Waals surface area contributed by atoms with Crippen molar-refractivity contribution in [1.82, 2.24) is 27.4 Å². The van der Waals surface area contributed by atoms with Gasteiger partial charge in [-0.3, -0.25) is 0 Å². The second-order valence-electron chi connectivity index (χ2n) is 30.8. The lowest BCUT2D eigenvalue weighted by Gasteiger charge is -2.21. The summed E-state index contributed by atoms with van der Waals surface area (Å²) in [7, 11) is 12.8. The first-order valence-electron chi connectivity index (χ1n) is 39.8. The van der Waals surface area contributed by atoms with Crippen molar-refractivity contribution in [3.8, 4) is 22.3 Å². The third-order valence-corrected chi connectivity index (χ3v) is 22.5. The topological polar surface area (TPSA) is 29.6 Å². The highest BCUT2D eigenvalue weighted by atomic mass is 15.0. The van der Waals surface area contributed by atoms with Crippen molar-refractivity contribution in [2.45, 2.75) is 107 Å². The third-order valence-electron chi connectivity index (χ3n) is 22.5. The molecule has 0 radical (unpaired) electrons. The molecule has 6 aromatic heterocycles. The van der Waals surface area contributed by atoms with Crippen LogP contribution in [0.15, 0.2) is 315 Å². The molecule has 0 bridgehead atoms. The third kappa shape index (κ3) is 14.0. The summed E-state index contributed by atoms with van der Waals surface area (Å²) < 4.78 is 13.6. The first-order valence-corrected chi connectivity index (χ1v) is 39.8. The summed E-state index contributed by atoms with van der Waals surface area (Å²) in [6, 6.07) is 113. The number of benzene rings is 14. The monoisotopic (exact) mass is 1470 g/mol. The van der Waals surface area contributed by atoms with E-state index in [-0.39, 0.29) is 18.3 Å². The average molecular weight is 1470 g/mol. The Bertz CT molecular complexity index is 6050. The van der Waals surface area contributed by atoms with Crippen molar-refractivity contribution in [1.29, 1.82) is 0 Å². The number of para-hydroxylation sites is 10. The minimum Gasteiger partial charge on any atom is -0.344 e. The standard InChI is InChI=1S/2C22H19N.4C13H11N.3C3H8.CH4/c1-22(2)18-10-6-4-8-14(18)16-13-21-17(12-19(16)22)15-9-5-7-11-20(15)23(21)3;1-22(2)18-10-6-4-8-14(18)16-12-17-15-9-5-7-11-20(15)23(3)21(17)13-19(16)22;4*1-14-12-8-4-2-6-10(12)11-7-3-5-9-13(11)14;3*1-3-2;/h2*4-13H,1-3H3;4*2-9H,1H3;3*3H2,1-2H3;1H4. The zero-order valence-corrected chi connectivity index (χ0v) is 67.8. The van der Waals surface area contributed by atoms with Gasteiger partial charge in [-0.05, 0) is 129 Å². The predicted octanol–water partition coefficient (Wildman–Crippen LogP) is 29.5. The summed E-state index contributed by atoms with van der Waals surface area (Å²) in [5.74, 6) is 0. The fourth-order valence-corrected chi connectivity index (χ4v) is 17.2. The Kier molecular flexibility index (Phi) is 23.1. The van der Waals surface area contributed by atoms with E-state index in [1.165, 1.54) is 195 Å². The Morgan fingerprint density at radius 2 is 0.348 bits per heavy atom. The van der Waals surface area contributed by atoms with Gasteiger partial charge in [-0.1, -0.05) is 326 Å². The maximum Gasteiger partial charge on any atom is 0.0495 e. The van der Waals surface area contributed by atoms with E-state index in [1.54, 1.807) is 0 Å². The lowest BCUT2D eigenvalue weighted by molar-refractivity contribution is 0.661. The van der Waals surface area contributed by atoms with Gasteiger partial charge in [0.25, 0.3) is 0 Å². The molecule has 6 nitrogen and oxygen atoms in total. The summed E-state index contributed by atoms with van der Waals surface area (Å²) in [5, 5.41) is 16.1. The summed E-state index contributed by atoms with van der Waals surface area (Å²) in [6.45, 7) is 22.1. The molecule has 0 saturated heterocycles. The highest BCUT2D eigenvalue weighted by Crippen LogP contribution is 2.52. The molecule has 0 aliphatic heterocycles. The van der Waals surface area contributed by atoms with E-state index in [9.17, 15) is 0 Å². The van der Waals surface area contributed by atoms with E-state index in [1.807, 2.05) is 0 Å². The first-order chi connectivity index (χ1) is 53.9. The molecule has 0 saturated carbocycles. The number of rotatable bonds is 0. The number of aryl methyl sites for hydroxylation is 6. The summed E-state index contributed by atoms with van der Waals surface area (Å²) in [6.07, 6.45) is 3.75. The molecule has 0 N–H and O–H groups in total. The van der Waals surface area contributed by atoms with Crippen LogP contribution in [0.3, 0.4) is 0 Å². The van der Waals surface area contributed by atoms with Crippen molar-refractivity contribution in [2.75, 3.05) is 0 Å². The maximum absolute atomic E-state index is 2.42. The van der Waals surface area contributed by atoms with E-state index in [2.05, 4.69) is 454 Å². The Morgan fingerprint density at radius 3 is 0.598 bits per heavy atom. The van der Waals surface area contributed by atoms with Crippen LogP contribution in [0.2, 0.25) is 0 Å². The molecular weight excluding hydrogens is 1360 g/mol. The second-order valence-corrected chi connectivity index (χ2v) is 30.8. The van der Waals surface area contributed by atoms with Gasteiger partial charge in [0.2, 0.25) is 0 Å². The summed E-state index contributed by atoms with van der Waals surface area (Å²) >= 11 is 0. The molecule has 6 heteroatoms. The van der Waals surface area contributed by atoms with Crippen LogP contribution in [0, 0.1) is 0 Å². The van der Waals surface area contributed by atoms with E-state index in [0.717, 1.165) is 0 Å². The van der Waals surface area contributed by atoms with Gasteiger partial charge in [-0.2, -0.15) is 0 Å². The number of hydrogen-bond donors (Lipinski definition) is 0. The predicted molar refractivity (Wildman–Crippen MR) is 492 cm³/mol. The molecule has 0 fully saturated rings. The smallest absolute Gasteiger partial charge is 0.0495 e. The highest BCUT2D eigenvalue weighted by molar-refractivity contribution is 6.14. The number of aromatic nitrogens is 6. The Hall–Kier alpha value is -12.1. The van der Waals surface area contributed by atoms with Crippen LogP contribution in [0.25, 0.3) is 153 Å². The molecule has 6 heterocycles. The van der Waals surface area contributed by atoms with Gasteiger partial charge < -0.3 is 27.4 Å². The minimum absolute atomic E-state index is 0. The van der Waals surface area contributed by atoms with Crippen molar-refractivity contribution >= 4 is 131 Å². The van der Waals surface area contributed by atoms with Crippen LogP contribution in [0.4, 0.5) is 0 Å².